The maximum atomic E-state index is 13.1. The van der Waals surface area contributed by atoms with E-state index in [1.807, 2.05) is 45.2 Å². The Morgan fingerprint density at radius 1 is 0.833 bits per heavy atom. The van der Waals surface area contributed by atoms with Crippen LogP contribution in [0.5, 0.6) is 11.5 Å². The third-order valence-corrected chi connectivity index (χ3v) is 9.85. The third kappa shape index (κ3) is 6.95. The molecule has 0 fully saturated rings. The largest absolute Gasteiger partial charge is 0.744 e. The first-order valence-corrected chi connectivity index (χ1v) is 15.8. The molecule has 10 nitrogen and oxygen atoms in total. The van der Waals surface area contributed by atoms with Gasteiger partial charge in [-0.3, -0.25) is 10.1 Å². The number of hydrogen-bond donors (Lipinski definition) is 0. The number of nitrogens with zero attached hydrogens (tertiary/aromatic N) is 1. The van der Waals surface area contributed by atoms with E-state index in [0.717, 1.165) is 21.8 Å². The molecule has 0 radical (unpaired) electrons. The van der Waals surface area contributed by atoms with Crippen molar-refractivity contribution in [1.29, 1.82) is 0 Å². The van der Waals surface area contributed by atoms with Crippen LogP contribution in [-0.2, 0) is 10.1 Å². The summed E-state index contributed by atoms with van der Waals surface area (Å²) in [5.74, 6) is -2.21. The molecule has 0 unspecified atom stereocenters. The smallest absolute Gasteiger partial charge is 0.351 e. The fourth-order valence-corrected chi connectivity index (χ4v) is 10.6. The van der Waals surface area contributed by atoms with Crippen LogP contribution in [0.15, 0.2) is 47.4 Å². The highest BCUT2D eigenvalue weighted by molar-refractivity contribution is 14.1. The standard InChI is InChI=1S/C20H8I5NO9S/c21-8-4-11(22)17(12(23)5-8)35-19(27)10-2-1-3-15(26(29)30)16(10)20(28)34-9-6-13(24)18(14(25)7-9)36(31,32)33/h1-7H,(H,31,32,33)/p-1. The highest BCUT2D eigenvalue weighted by atomic mass is 127. The summed E-state index contributed by atoms with van der Waals surface area (Å²) < 4.78 is 47.3. The van der Waals surface area contributed by atoms with Crippen LogP contribution in [0.3, 0.4) is 0 Å². The summed E-state index contributed by atoms with van der Waals surface area (Å²) in [6.45, 7) is 0. The van der Waals surface area contributed by atoms with Crippen LogP contribution in [0.4, 0.5) is 5.69 Å². The molecular formula is C20H7I5NO9S-. The second-order valence-corrected chi connectivity index (χ2v) is 13.8. The van der Waals surface area contributed by atoms with E-state index in [0.29, 0.717) is 7.14 Å². The van der Waals surface area contributed by atoms with Crippen LogP contribution >= 0.6 is 113 Å². The van der Waals surface area contributed by atoms with E-state index < -0.39 is 48.7 Å². The highest BCUT2D eigenvalue weighted by Crippen LogP contribution is 2.33. The molecule has 0 spiro atoms. The number of carbonyl (C=O) groups excluding carboxylic acids is 2. The first kappa shape index (κ1) is 30.1. The van der Waals surface area contributed by atoms with Gasteiger partial charge in [0, 0.05) is 16.8 Å². The van der Waals surface area contributed by atoms with Crippen molar-refractivity contribution < 1.29 is 37.0 Å². The summed E-state index contributed by atoms with van der Waals surface area (Å²) in [7, 11) is -4.79. The highest BCUT2D eigenvalue weighted by Gasteiger charge is 2.31. The van der Waals surface area contributed by atoms with Crippen molar-refractivity contribution in [3.63, 3.8) is 0 Å². The SMILES string of the molecule is O=C(Oc1c(I)cc(I)cc1I)c1cccc([N+](=O)[O-])c1C(=O)Oc1cc(I)c(S(=O)(=O)[O-])c(I)c1. The number of benzene rings is 3. The van der Waals surface area contributed by atoms with Gasteiger partial charge in [-0.05, 0) is 143 Å². The lowest BCUT2D eigenvalue weighted by molar-refractivity contribution is -0.385. The first-order valence-electron chi connectivity index (χ1n) is 9.02. The van der Waals surface area contributed by atoms with Crippen molar-refractivity contribution in [3.8, 4) is 11.5 Å². The Kier molecular flexibility index (Phi) is 10.2. The number of ether oxygens (including phenoxy) is 2. The van der Waals surface area contributed by atoms with Gasteiger partial charge in [-0.15, -0.1) is 0 Å². The minimum absolute atomic E-state index is 0.0117. The average Bonchev–Trinajstić information content (AvgIpc) is 2.73. The molecule has 188 valence electrons. The zero-order chi connectivity index (χ0) is 26.9. The second kappa shape index (κ2) is 12.2. The molecule has 0 aromatic heterocycles. The minimum atomic E-state index is -4.79. The Hall–Kier alpha value is -0.440. The zero-order valence-corrected chi connectivity index (χ0v) is 28.6. The van der Waals surface area contributed by atoms with E-state index in [1.54, 1.807) is 57.3 Å². The Balaban J connectivity index is 2.05. The van der Waals surface area contributed by atoms with Gasteiger partial charge in [0.2, 0.25) is 0 Å². The fraction of sp³-hybridized carbons (Fsp3) is 0. The lowest BCUT2D eigenvalue weighted by atomic mass is 10.1. The number of carbonyl (C=O) groups is 2. The molecular weight excluding hydrogens is 1060 g/mol. The quantitative estimate of drug-likeness (QED) is 0.0728. The Bertz CT molecular complexity index is 1500. The summed E-state index contributed by atoms with van der Waals surface area (Å²) in [6, 6.07) is 9.23. The minimum Gasteiger partial charge on any atom is -0.744 e. The number of nitro groups is 1. The van der Waals surface area contributed by atoms with Crippen LogP contribution in [-0.4, -0.2) is 29.8 Å². The summed E-state index contributed by atoms with van der Waals surface area (Å²) in [5, 5.41) is 11.7. The molecule has 3 aromatic rings. The van der Waals surface area contributed by atoms with Crippen molar-refractivity contribution in [2.24, 2.45) is 0 Å². The monoisotopic (exact) mass is 1070 g/mol. The van der Waals surface area contributed by atoms with Crippen LogP contribution in [0, 0.1) is 28.0 Å². The summed E-state index contributed by atoms with van der Waals surface area (Å²) >= 11 is 9.25. The molecule has 0 bridgehead atoms. The van der Waals surface area contributed by atoms with Crippen molar-refractivity contribution in [1.82, 2.24) is 0 Å². The molecule has 3 rings (SSSR count). The van der Waals surface area contributed by atoms with Crippen LogP contribution in [0.1, 0.15) is 20.7 Å². The van der Waals surface area contributed by atoms with Gasteiger partial charge >= 0.3 is 11.9 Å². The van der Waals surface area contributed by atoms with E-state index in [2.05, 4.69) is 22.6 Å². The molecule has 0 atom stereocenters. The number of rotatable bonds is 6. The molecule has 0 N–H and O–H groups in total. The molecule has 36 heavy (non-hydrogen) atoms. The van der Waals surface area contributed by atoms with E-state index in [-0.39, 0.29) is 18.6 Å². The van der Waals surface area contributed by atoms with Crippen LogP contribution < -0.4 is 9.47 Å². The molecule has 0 saturated carbocycles. The molecule has 0 aliphatic heterocycles. The van der Waals surface area contributed by atoms with Gasteiger partial charge in [-0.25, -0.2) is 18.0 Å². The summed E-state index contributed by atoms with van der Waals surface area (Å²) in [5.41, 5.74) is -1.74. The number of hydrogen-bond acceptors (Lipinski definition) is 9. The Morgan fingerprint density at radius 3 is 1.89 bits per heavy atom. The van der Waals surface area contributed by atoms with Gasteiger partial charge in [0.1, 0.15) is 15.9 Å². The third-order valence-electron chi connectivity index (χ3n) is 4.25. The molecule has 16 heteroatoms. The fourth-order valence-electron chi connectivity index (χ4n) is 2.84. The number of esters is 2. The van der Waals surface area contributed by atoms with E-state index in [4.69, 9.17) is 9.47 Å². The van der Waals surface area contributed by atoms with Gasteiger partial charge in [-0.1, -0.05) is 6.07 Å². The second-order valence-electron chi connectivity index (χ2n) is 6.60. The van der Waals surface area contributed by atoms with E-state index in [1.165, 1.54) is 12.1 Å². The maximum Gasteiger partial charge on any atom is 0.351 e. The Morgan fingerprint density at radius 2 is 1.39 bits per heavy atom. The molecule has 0 heterocycles. The molecule has 0 aliphatic rings. The van der Waals surface area contributed by atoms with Crippen LogP contribution in [0.25, 0.3) is 0 Å². The van der Waals surface area contributed by atoms with Gasteiger partial charge in [0.15, 0.2) is 11.3 Å². The van der Waals surface area contributed by atoms with Crippen molar-refractivity contribution in [2.75, 3.05) is 0 Å². The molecule has 0 amide bonds. The topological polar surface area (TPSA) is 153 Å². The predicted molar refractivity (Wildman–Crippen MR) is 167 cm³/mol. The summed E-state index contributed by atoms with van der Waals surface area (Å²) in [4.78, 5) is 36.5. The van der Waals surface area contributed by atoms with E-state index in [9.17, 15) is 32.7 Å². The maximum absolute atomic E-state index is 13.1. The van der Waals surface area contributed by atoms with Gasteiger partial charge < -0.3 is 14.0 Å². The van der Waals surface area contributed by atoms with Gasteiger partial charge in [0.25, 0.3) is 5.69 Å². The normalized spacial score (nSPS) is 11.2. The van der Waals surface area contributed by atoms with Crippen molar-refractivity contribution in [3.05, 3.63) is 81.6 Å². The van der Waals surface area contributed by atoms with Crippen molar-refractivity contribution >= 4 is 141 Å². The number of nitro benzene ring substituents is 1. The average molecular weight is 1070 g/mol. The summed E-state index contributed by atoms with van der Waals surface area (Å²) in [6.07, 6.45) is 0. The predicted octanol–water partition coefficient (Wildman–Crippen LogP) is 5.96. The lowest BCUT2D eigenvalue weighted by Crippen LogP contribution is -2.20. The lowest BCUT2D eigenvalue weighted by Gasteiger charge is -2.14. The van der Waals surface area contributed by atoms with Crippen molar-refractivity contribution in [2.45, 2.75) is 4.90 Å². The van der Waals surface area contributed by atoms with Gasteiger partial charge in [0.05, 0.1) is 22.5 Å². The molecule has 3 aromatic carbocycles. The Labute approximate surface area is 271 Å². The van der Waals surface area contributed by atoms with Crippen LogP contribution in [0.2, 0.25) is 0 Å². The molecule has 0 saturated heterocycles. The van der Waals surface area contributed by atoms with Gasteiger partial charge in [-0.2, -0.15) is 0 Å². The first-order chi connectivity index (χ1) is 16.7. The zero-order valence-electron chi connectivity index (χ0n) is 17.0. The van der Waals surface area contributed by atoms with E-state index >= 15 is 0 Å². The number of halogens is 5. The molecule has 0 aliphatic carbocycles.